The van der Waals surface area contributed by atoms with Crippen molar-refractivity contribution in [2.75, 3.05) is 18.0 Å². The minimum atomic E-state index is -5.08. The van der Waals surface area contributed by atoms with Crippen LogP contribution in [0.1, 0.15) is 29.8 Å². The van der Waals surface area contributed by atoms with Gasteiger partial charge in [-0.05, 0) is 54.7 Å². The number of hydrogen-bond acceptors (Lipinski definition) is 6. The van der Waals surface area contributed by atoms with Crippen molar-refractivity contribution in [3.8, 4) is 22.8 Å². The molecule has 9 nitrogen and oxygen atoms in total. The molecule has 12 heteroatoms. The molecule has 1 aliphatic rings. The lowest BCUT2D eigenvalue weighted by atomic mass is 10.0. The maximum atomic E-state index is 11.1. The highest BCUT2D eigenvalue weighted by molar-refractivity contribution is 5.87. The number of aromatic nitrogens is 3. The van der Waals surface area contributed by atoms with Crippen LogP contribution in [0.15, 0.2) is 48.5 Å². The van der Waals surface area contributed by atoms with E-state index in [4.69, 9.17) is 19.7 Å². The SMILES string of the molecule is O=C(O)C(F)(F)F.O=C(O)c1[nH]nnc1Oc1ccc(-c2ccc(N3CCCCC3)cc2)cc1. The van der Waals surface area contributed by atoms with Crippen molar-refractivity contribution in [2.45, 2.75) is 25.4 Å². The monoisotopic (exact) mass is 478 g/mol. The van der Waals surface area contributed by atoms with Crippen LogP contribution in [0.4, 0.5) is 18.9 Å². The number of benzene rings is 2. The fourth-order valence-electron chi connectivity index (χ4n) is 3.27. The van der Waals surface area contributed by atoms with Gasteiger partial charge in [0.25, 0.3) is 5.88 Å². The summed E-state index contributed by atoms with van der Waals surface area (Å²) in [7, 11) is 0. The van der Waals surface area contributed by atoms with Crippen LogP contribution >= 0.6 is 0 Å². The fourth-order valence-corrected chi connectivity index (χ4v) is 3.27. The van der Waals surface area contributed by atoms with Gasteiger partial charge in [0.1, 0.15) is 5.75 Å². The summed E-state index contributed by atoms with van der Waals surface area (Å²) in [5, 5.41) is 25.6. The lowest BCUT2D eigenvalue weighted by molar-refractivity contribution is -0.192. The molecule has 0 unspecified atom stereocenters. The van der Waals surface area contributed by atoms with E-state index in [0.29, 0.717) is 5.75 Å². The number of nitrogens with one attached hydrogen (secondary N) is 1. The number of carbonyl (C=O) groups is 2. The largest absolute Gasteiger partial charge is 0.490 e. The van der Waals surface area contributed by atoms with Gasteiger partial charge in [0.2, 0.25) is 5.69 Å². The third-order valence-electron chi connectivity index (χ3n) is 4.96. The zero-order chi connectivity index (χ0) is 24.7. The number of carboxylic acid groups (broad SMARTS) is 2. The van der Waals surface area contributed by atoms with E-state index in [-0.39, 0.29) is 11.6 Å². The Kier molecular flexibility index (Phi) is 7.71. The topological polar surface area (TPSA) is 129 Å². The number of ether oxygens (including phenoxy) is 1. The number of anilines is 1. The Morgan fingerprint density at radius 3 is 1.94 bits per heavy atom. The first-order valence-corrected chi connectivity index (χ1v) is 10.2. The van der Waals surface area contributed by atoms with Crippen molar-refractivity contribution in [3.05, 3.63) is 54.2 Å². The smallest absolute Gasteiger partial charge is 0.476 e. The number of aliphatic carboxylic acids is 1. The molecule has 0 aliphatic carbocycles. The quantitative estimate of drug-likeness (QED) is 0.486. The maximum absolute atomic E-state index is 11.1. The summed E-state index contributed by atoms with van der Waals surface area (Å²) in [4.78, 5) is 22.4. The molecule has 34 heavy (non-hydrogen) atoms. The first-order valence-electron chi connectivity index (χ1n) is 10.2. The van der Waals surface area contributed by atoms with Crippen LogP contribution in [0, 0.1) is 0 Å². The molecule has 3 N–H and O–H groups in total. The molecule has 2 aromatic carbocycles. The van der Waals surface area contributed by atoms with Crippen LogP contribution in [0.5, 0.6) is 11.6 Å². The van der Waals surface area contributed by atoms with Crippen LogP contribution in [0.2, 0.25) is 0 Å². The third-order valence-corrected chi connectivity index (χ3v) is 4.96. The lowest BCUT2D eigenvalue weighted by Gasteiger charge is -2.28. The van der Waals surface area contributed by atoms with E-state index in [9.17, 15) is 18.0 Å². The second kappa shape index (κ2) is 10.7. The summed E-state index contributed by atoms with van der Waals surface area (Å²) in [6.45, 7) is 2.26. The fraction of sp³-hybridized carbons (Fsp3) is 0.273. The Hall–Kier alpha value is -4.09. The van der Waals surface area contributed by atoms with Crippen LogP contribution in [-0.4, -0.2) is 56.8 Å². The Morgan fingerprint density at radius 1 is 0.912 bits per heavy atom. The zero-order valence-electron chi connectivity index (χ0n) is 17.7. The van der Waals surface area contributed by atoms with Gasteiger partial charge in [0.05, 0.1) is 0 Å². The Labute approximate surface area is 191 Å². The van der Waals surface area contributed by atoms with E-state index < -0.39 is 18.1 Å². The molecule has 0 bridgehead atoms. The van der Waals surface area contributed by atoms with E-state index in [1.807, 2.05) is 12.1 Å². The predicted octanol–water partition coefficient (Wildman–Crippen LogP) is 4.59. The molecule has 0 spiro atoms. The molecule has 180 valence electrons. The van der Waals surface area contributed by atoms with E-state index in [2.05, 4.69) is 44.6 Å². The minimum Gasteiger partial charge on any atom is -0.476 e. The number of alkyl halides is 3. The average molecular weight is 478 g/mol. The number of aromatic amines is 1. The highest BCUT2D eigenvalue weighted by Gasteiger charge is 2.38. The lowest BCUT2D eigenvalue weighted by Crippen LogP contribution is -2.29. The predicted molar refractivity (Wildman–Crippen MR) is 115 cm³/mol. The molecule has 1 saturated heterocycles. The molecule has 1 fully saturated rings. The van der Waals surface area contributed by atoms with Crippen LogP contribution in [0.25, 0.3) is 11.1 Å². The summed E-state index contributed by atoms with van der Waals surface area (Å²) >= 11 is 0. The molecule has 0 atom stereocenters. The van der Waals surface area contributed by atoms with Gasteiger partial charge >= 0.3 is 18.1 Å². The second-order valence-electron chi connectivity index (χ2n) is 7.32. The van der Waals surface area contributed by atoms with E-state index in [1.54, 1.807) is 12.1 Å². The number of carboxylic acids is 2. The van der Waals surface area contributed by atoms with Gasteiger partial charge in [0.15, 0.2) is 0 Å². The van der Waals surface area contributed by atoms with Gasteiger partial charge in [-0.2, -0.15) is 13.2 Å². The summed E-state index contributed by atoms with van der Waals surface area (Å²) < 4.78 is 37.2. The van der Waals surface area contributed by atoms with Gasteiger partial charge in [-0.15, -0.1) is 0 Å². The van der Waals surface area contributed by atoms with Crippen molar-refractivity contribution in [1.29, 1.82) is 0 Å². The number of H-pyrrole nitrogens is 1. The van der Waals surface area contributed by atoms with E-state index >= 15 is 0 Å². The standard InChI is InChI=1S/C20H20N4O3.C2HF3O2/c25-20(26)18-19(22-23-21-18)27-17-10-6-15(7-11-17)14-4-8-16(9-5-14)24-12-2-1-3-13-24;3-2(4,5)1(6)7/h4-11H,1-3,12-13H2,(H,25,26)(H,21,22,23);(H,6,7). The molecule has 1 aromatic heterocycles. The van der Waals surface area contributed by atoms with Crippen molar-refractivity contribution < 1.29 is 37.7 Å². The normalized spacial score (nSPS) is 13.6. The summed E-state index contributed by atoms with van der Waals surface area (Å²) in [5.41, 5.74) is 3.28. The Bertz CT molecular complexity index is 1110. The van der Waals surface area contributed by atoms with Gasteiger partial charge < -0.3 is 19.8 Å². The van der Waals surface area contributed by atoms with Gasteiger partial charge in [-0.3, -0.25) is 0 Å². The van der Waals surface area contributed by atoms with Gasteiger partial charge in [-0.25, -0.2) is 14.7 Å². The molecule has 0 radical (unpaired) electrons. The Morgan fingerprint density at radius 2 is 1.44 bits per heavy atom. The number of hydrogen-bond donors (Lipinski definition) is 3. The van der Waals surface area contributed by atoms with E-state index in [0.717, 1.165) is 24.2 Å². The first kappa shape index (κ1) is 24.6. The number of rotatable bonds is 5. The molecular formula is C22H21F3N4O5. The highest BCUT2D eigenvalue weighted by Crippen LogP contribution is 2.28. The molecule has 0 amide bonds. The molecule has 2 heterocycles. The van der Waals surface area contributed by atoms with Crippen LogP contribution in [0.3, 0.4) is 0 Å². The molecular weight excluding hydrogens is 457 g/mol. The minimum absolute atomic E-state index is 0.0545. The maximum Gasteiger partial charge on any atom is 0.490 e. The highest BCUT2D eigenvalue weighted by atomic mass is 19.4. The van der Waals surface area contributed by atoms with Crippen molar-refractivity contribution in [1.82, 2.24) is 15.4 Å². The zero-order valence-corrected chi connectivity index (χ0v) is 17.7. The van der Waals surface area contributed by atoms with Gasteiger partial charge in [-0.1, -0.05) is 34.6 Å². The Balaban J connectivity index is 0.000000406. The van der Waals surface area contributed by atoms with Crippen molar-refractivity contribution in [3.63, 3.8) is 0 Å². The molecule has 4 rings (SSSR count). The number of nitrogens with zero attached hydrogens (tertiary/aromatic N) is 3. The molecule has 3 aromatic rings. The summed E-state index contributed by atoms with van der Waals surface area (Å²) in [6.07, 6.45) is -1.23. The first-order chi connectivity index (χ1) is 16.1. The second-order valence-corrected chi connectivity index (χ2v) is 7.32. The van der Waals surface area contributed by atoms with Crippen LogP contribution < -0.4 is 9.64 Å². The number of aromatic carboxylic acids is 1. The molecule has 1 aliphatic heterocycles. The molecule has 0 saturated carbocycles. The van der Waals surface area contributed by atoms with Gasteiger partial charge in [0, 0.05) is 18.8 Å². The van der Waals surface area contributed by atoms with E-state index in [1.165, 1.54) is 24.9 Å². The third kappa shape index (κ3) is 6.47. The van der Waals surface area contributed by atoms with Crippen LogP contribution in [-0.2, 0) is 4.79 Å². The van der Waals surface area contributed by atoms with Crippen molar-refractivity contribution in [2.24, 2.45) is 0 Å². The number of piperidine rings is 1. The summed E-state index contributed by atoms with van der Waals surface area (Å²) in [6, 6.07) is 16.0. The number of halogens is 3. The summed E-state index contributed by atoms with van der Waals surface area (Å²) in [5.74, 6) is -3.48. The van der Waals surface area contributed by atoms with Crippen molar-refractivity contribution >= 4 is 17.6 Å². The average Bonchev–Trinajstić information content (AvgIpc) is 3.29.